The number of Topliss-reactive ketones (excluding diaryl/α,β-unsaturated/α-hetero) is 1. The highest BCUT2D eigenvalue weighted by molar-refractivity contribution is 5.95. The molecule has 0 unspecified atom stereocenters. The van der Waals surface area contributed by atoms with E-state index in [1.54, 1.807) is 0 Å². The lowest BCUT2D eigenvalue weighted by Gasteiger charge is -2.07. The van der Waals surface area contributed by atoms with E-state index in [-0.39, 0.29) is 22.8 Å². The van der Waals surface area contributed by atoms with Gasteiger partial charge in [-0.2, -0.15) is 4.57 Å². The van der Waals surface area contributed by atoms with Gasteiger partial charge in [-0.15, -0.1) is 0 Å². The number of rotatable bonds is 4. The van der Waals surface area contributed by atoms with Gasteiger partial charge in [0, 0.05) is 17.3 Å². The normalized spacial score (nSPS) is 10.4. The number of ketones is 1. The molecule has 124 valence electrons. The molecule has 0 N–H and O–H groups in total. The maximum Gasteiger partial charge on any atom is 0.237 e. The van der Waals surface area contributed by atoms with Crippen molar-refractivity contribution >= 4 is 11.3 Å². The van der Waals surface area contributed by atoms with E-state index in [0.29, 0.717) is 6.54 Å². The third kappa shape index (κ3) is 3.39. The van der Waals surface area contributed by atoms with Gasteiger partial charge in [-0.25, -0.2) is 0 Å². The van der Waals surface area contributed by atoms with Crippen molar-refractivity contribution in [1.82, 2.24) is 4.40 Å². The van der Waals surface area contributed by atoms with Gasteiger partial charge in [-0.3, -0.25) is 4.79 Å². The van der Waals surface area contributed by atoms with Crippen LogP contribution in [0.4, 0.5) is 0 Å². The molecule has 0 aliphatic heterocycles. The Bertz CT molecular complexity index is 994. The Labute approximate surface area is 156 Å². The second-order valence-corrected chi connectivity index (χ2v) is 5.73. The largest absolute Gasteiger partial charge is 1.00 e. The van der Waals surface area contributed by atoms with Crippen LogP contribution < -0.4 is 21.5 Å². The van der Waals surface area contributed by atoms with Crippen LogP contribution >= 0.6 is 0 Å². The van der Waals surface area contributed by atoms with Gasteiger partial charge in [-0.05, 0) is 24.3 Å². The summed E-state index contributed by atoms with van der Waals surface area (Å²) in [6.07, 6.45) is 5.97. The first-order valence-corrected chi connectivity index (χ1v) is 7.96. The van der Waals surface area contributed by atoms with Crippen molar-refractivity contribution in [2.75, 3.05) is 0 Å². The average molecular weight is 393 g/mol. The highest BCUT2D eigenvalue weighted by Gasteiger charge is 2.21. The standard InChI is InChI=1S/C21H17N2O.BrH/c24-20(17-8-3-1-4-9-17)16-23-15-14-22-13-7-12-19(22)21(23)18-10-5-2-6-11-18;/h1-15H,16H2;1H/q+1;/p-1. The van der Waals surface area contributed by atoms with Crippen molar-refractivity contribution in [3.63, 3.8) is 0 Å². The predicted molar refractivity (Wildman–Crippen MR) is 93.8 cm³/mol. The monoisotopic (exact) mass is 392 g/mol. The van der Waals surface area contributed by atoms with Crippen LogP contribution in [0.3, 0.4) is 0 Å². The zero-order valence-corrected chi connectivity index (χ0v) is 15.1. The molecule has 0 saturated carbocycles. The summed E-state index contributed by atoms with van der Waals surface area (Å²) in [7, 11) is 0. The fourth-order valence-corrected chi connectivity index (χ4v) is 3.01. The Morgan fingerprint density at radius 2 is 1.52 bits per heavy atom. The van der Waals surface area contributed by atoms with Crippen molar-refractivity contribution < 1.29 is 26.3 Å². The Morgan fingerprint density at radius 1 is 0.840 bits per heavy atom. The van der Waals surface area contributed by atoms with E-state index in [1.165, 1.54) is 0 Å². The summed E-state index contributed by atoms with van der Waals surface area (Å²) in [4.78, 5) is 12.6. The molecule has 0 aliphatic rings. The van der Waals surface area contributed by atoms with Crippen LogP contribution in [0.2, 0.25) is 0 Å². The third-order valence-electron chi connectivity index (χ3n) is 4.17. The van der Waals surface area contributed by atoms with E-state index in [2.05, 4.69) is 22.6 Å². The van der Waals surface area contributed by atoms with Crippen LogP contribution in [0.1, 0.15) is 10.4 Å². The summed E-state index contributed by atoms with van der Waals surface area (Å²) < 4.78 is 4.10. The fraction of sp³-hybridized carbons (Fsp3) is 0.0476. The van der Waals surface area contributed by atoms with Gasteiger partial charge in [0.25, 0.3) is 0 Å². The first-order chi connectivity index (χ1) is 11.8. The molecule has 25 heavy (non-hydrogen) atoms. The van der Waals surface area contributed by atoms with E-state index < -0.39 is 0 Å². The number of halogens is 1. The molecule has 4 rings (SSSR count). The van der Waals surface area contributed by atoms with Gasteiger partial charge < -0.3 is 21.4 Å². The number of hydrogen-bond donors (Lipinski definition) is 0. The summed E-state index contributed by atoms with van der Waals surface area (Å²) >= 11 is 0. The molecule has 2 aromatic carbocycles. The van der Waals surface area contributed by atoms with Crippen LogP contribution in [0.5, 0.6) is 0 Å². The van der Waals surface area contributed by atoms with Gasteiger partial charge in [0.1, 0.15) is 5.52 Å². The van der Waals surface area contributed by atoms with Gasteiger partial charge in [0.2, 0.25) is 18.0 Å². The molecule has 4 aromatic rings. The average Bonchev–Trinajstić information content (AvgIpc) is 3.11. The Morgan fingerprint density at radius 3 is 2.24 bits per heavy atom. The van der Waals surface area contributed by atoms with Crippen molar-refractivity contribution in [3.05, 3.63) is 97.0 Å². The molecule has 0 saturated heterocycles. The lowest BCUT2D eigenvalue weighted by atomic mass is 10.1. The smallest absolute Gasteiger partial charge is 0.237 e. The summed E-state index contributed by atoms with van der Waals surface area (Å²) in [6, 6.07) is 23.7. The van der Waals surface area contributed by atoms with Crippen LogP contribution in [0, 0.1) is 0 Å². The van der Waals surface area contributed by atoms with Gasteiger partial charge in [0.05, 0.1) is 6.20 Å². The van der Waals surface area contributed by atoms with E-state index >= 15 is 0 Å². The van der Waals surface area contributed by atoms with Gasteiger partial charge >= 0.3 is 0 Å². The lowest BCUT2D eigenvalue weighted by Crippen LogP contribution is -3.00. The second-order valence-electron chi connectivity index (χ2n) is 5.73. The van der Waals surface area contributed by atoms with Crippen molar-refractivity contribution in [3.8, 4) is 11.3 Å². The first-order valence-electron chi connectivity index (χ1n) is 7.96. The fourth-order valence-electron chi connectivity index (χ4n) is 3.01. The Kier molecular flexibility index (Phi) is 5.10. The second kappa shape index (κ2) is 7.45. The molecule has 0 radical (unpaired) electrons. The first kappa shape index (κ1) is 17.1. The summed E-state index contributed by atoms with van der Waals surface area (Å²) in [5.74, 6) is 0.105. The summed E-state index contributed by atoms with van der Waals surface area (Å²) in [5.41, 5.74) is 3.97. The van der Waals surface area contributed by atoms with Gasteiger partial charge in [-0.1, -0.05) is 48.5 Å². The van der Waals surface area contributed by atoms with Crippen molar-refractivity contribution in [2.24, 2.45) is 0 Å². The minimum Gasteiger partial charge on any atom is -1.00 e. The van der Waals surface area contributed by atoms with Crippen molar-refractivity contribution in [2.45, 2.75) is 6.54 Å². The number of benzene rings is 2. The van der Waals surface area contributed by atoms with Crippen LogP contribution in [-0.4, -0.2) is 10.2 Å². The summed E-state index contributed by atoms with van der Waals surface area (Å²) in [5, 5.41) is 0. The molecule has 0 fully saturated rings. The number of fused-ring (bicyclic) bond motifs is 1. The highest BCUT2D eigenvalue weighted by atomic mass is 79.9. The third-order valence-corrected chi connectivity index (χ3v) is 4.17. The molecule has 4 heteroatoms. The number of hydrogen-bond acceptors (Lipinski definition) is 1. The molecule has 0 spiro atoms. The van der Waals surface area contributed by atoms with E-state index in [1.807, 2.05) is 77.8 Å². The molecule has 0 aliphatic carbocycles. The Balaban J connectivity index is 0.00000182. The maximum absolute atomic E-state index is 12.6. The number of nitrogens with zero attached hydrogens (tertiary/aromatic N) is 2. The SMILES string of the molecule is O=C(C[n+]1ccn2cccc2c1-c1ccccc1)c1ccccc1.[Br-]. The number of carbonyl (C=O) groups is 1. The zero-order valence-electron chi connectivity index (χ0n) is 13.5. The van der Waals surface area contributed by atoms with Crippen LogP contribution in [-0.2, 0) is 6.54 Å². The predicted octanol–water partition coefficient (Wildman–Crippen LogP) is 0.781. The Hall–Kier alpha value is -2.72. The minimum atomic E-state index is 0. The van der Waals surface area contributed by atoms with Crippen LogP contribution in [0.25, 0.3) is 16.8 Å². The molecular weight excluding hydrogens is 376 g/mol. The molecule has 2 aromatic heterocycles. The number of carbonyl (C=O) groups excluding carboxylic acids is 1. The molecule has 3 nitrogen and oxygen atoms in total. The quantitative estimate of drug-likeness (QED) is 0.372. The molecule has 2 heterocycles. The highest BCUT2D eigenvalue weighted by Crippen LogP contribution is 2.21. The summed E-state index contributed by atoms with van der Waals surface area (Å²) in [6.45, 7) is 0.315. The minimum absolute atomic E-state index is 0. The van der Waals surface area contributed by atoms with Crippen LogP contribution in [0.15, 0.2) is 91.4 Å². The number of aromatic nitrogens is 2. The molecule has 0 atom stereocenters. The molecule has 0 amide bonds. The molecule has 0 bridgehead atoms. The molecular formula is C21H17BrN2O. The van der Waals surface area contributed by atoms with Crippen molar-refractivity contribution in [1.29, 1.82) is 0 Å². The van der Waals surface area contributed by atoms with E-state index in [9.17, 15) is 4.79 Å². The zero-order chi connectivity index (χ0) is 16.4. The van der Waals surface area contributed by atoms with Gasteiger partial charge in [0.15, 0.2) is 6.20 Å². The topological polar surface area (TPSA) is 25.4 Å². The van der Waals surface area contributed by atoms with E-state index in [4.69, 9.17) is 0 Å². The maximum atomic E-state index is 12.6. The van der Waals surface area contributed by atoms with E-state index in [0.717, 1.165) is 22.3 Å². The lowest BCUT2D eigenvalue weighted by molar-refractivity contribution is -0.671.